The van der Waals surface area contributed by atoms with Crippen molar-refractivity contribution in [3.63, 3.8) is 0 Å². The average molecular weight is 262 g/mol. The molecule has 1 aromatic carbocycles. The predicted molar refractivity (Wildman–Crippen MR) is 72.8 cm³/mol. The summed E-state index contributed by atoms with van der Waals surface area (Å²) in [6.07, 6.45) is 1.63. The van der Waals surface area contributed by atoms with E-state index in [2.05, 4.69) is 10.3 Å². The second-order valence-corrected chi connectivity index (χ2v) is 4.32. The van der Waals surface area contributed by atoms with Gasteiger partial charge in [-0.05, 0) is 42.8 Å². The zero-order chi connectivity index (χ0) is 13.1. The van der Waals surface area contributed by atoms with Crippen LogP contribution in [-0.2, 0) is 0 Å². The van der Waals surface area contributed by atoms with Crippen LogP contribution in [0, 0.1) is 6.92 Å². The lowest BCUT2D eigenvalue weighted by Gasteiger charge is -2.07. The first-order chi connectivity index (χ1) is 8.56. The Morgan fingerprint density at radius 1 is 1.33 bits per heavy atom. The molecular weight excluding hydrogens is 250 g/mol. The first kappa shape index (κ1) is 12.4. The number of amides is 1. The smallest absolute Gasteiger partial charge is 0.258 e. The molecule has 0 saturated heterocycles. The summed E-state index contributed by atoms with van der Waals surface area (Å²) in [5.41, 5.74) is 7.46. The van der Waals surface area contributed by atoms with Gasteiger partial charge in [-0.15, -0.1) is 0 Å². The third-order valence-electron chi connectivity index (χ3n) is 2.39. The number of nitrogens with two attached hydrogens (primary N) is 1. The highest BCUT2D eigenvalue weighted by Gasteiger charge is 2.11. The SMILES string of the molecule is Cc1ccnc(NC(=O)c2cc(N)ccc2Cl)c1. The second kappa shape index (κ2) is 5.06. The fourth-order valence-electron chi connectivity index (χ4n) is 1.51. The Bertz CT molecular complexity index is 599. The highest BCUT2D eigenvalue weighted by Crippen LogP contribution is 2.20. The van der Waals surface area contributed by atoms with Crippen molar-refractivity contribution in [1.29, 1.82) is 0 Å². The van der Waals surface area contributed by atoms with Crippen LogP contribution < -0.4 is 11.1 Å². The molecule has 2 aromatic rings. The van der Waals surface area contributed by atoms with Crippen molar-refractivity contribution in [3.05, 3.63) is 52.7 Å². The van der Waals surface area contributed by atoms with Gasteiger partial charge in [0.25, 0.3) is 5.91 Å². The number of pyridine rings is 1. The monoisotopic (exact) mass is 261 g/mol. The fourth-order valence-corrected chi connectivity index (χ4v) is 1.71. The van der Waals surface area contributed by atoms with E-state index in [0.29, 0.717) is 22.1 Å². The van der Waals surface area contributed by atoms with Gasteiger partial charge in [-0.2, -0.15) is 0 Å². The molecule has 0 bridgehead atoms. The zero-order valence-electron chi connectivity index (χ0n) is 9.77. The molecule has 0 unspecified atom stereocenters. The number of benzene rings is 1. The van der Waals surface area contributed by atoms with Crippen LogP contribution in [0.4, 0.5) is 11.5 Å². The van der Waals surface area contributed by atoms with Gasteiger partial charge in [-0.1, -0.05) is 11.6 Å². The van der Waals surface area contributed by atoms with Gasteiger partial charge in [0.15, 0.2) is 0 Å². The molecule has 1 amide bonds. The molecule has 18 heavy (non-hydrogen) atoms. The molecule has 0 aliphatic carbocycles. The van der Waals surface area contributed by atoms with Crippen LogP contribution in [-0.4, -0.2) is 10.9 Å². The lowest BCUT2D eigenvalue weighted by atomic mass is 10.2. The number of aryl methyl sites for hydroxylation is 1. The van der Waals surface area contributed by atoms with Crippen molar-refractivity contribution in [2.45, 2.75) is 6.92 Å². The summed E-state index contributed by atoms with van der Waals surface area (Å²) < 4.78 is 0. The molecule has 92 valence electrons. The minimum atomic E-state index is -0.328. The molecule has 1 heterocycles. The van der Waals surface area contributed by atoms with E-state index >= 15 is 0 Å². The number of nitrogens with zero attached hydrogens (tertiary/aromatic N) is 1. The summed E-state index contributed by atoms with van der Waals surface area (Å²) in [7, 11) is 0. The predicted octanol–water partition coefficient (Wildman–Crippen LogP) is 2.88. The molecule has 0 saturated carbocycles. The van der Waals surface area contributed by atoms with E-state index in [4.69, 9.17) is 17.3 Å². The van der Waals surface area contributed by atoms with Gasteiger partial charge in [0.2, 0.25) is 0 Å². The number of carbonyl (C=O) groups is 1. The summed E-state index contributed by atoms with van der Waals surface area (Å²) in [5.74, 6) is 0.156. The van der Waals surface area contributed by atoms with E-state index in [1.165, 1.54) is 6.07 Å². The molecular formula is C13H12ClN3O. The number of hydrogen-bond donors (Lipinski definition) is 2. The lowest BCUT2D eigenvalue weighted by Crippen LogP contribution is -2.13. The second-order valence-electron chi connectivity index (χ2n) is 3.91. The Balaban J connectivity index is 2.24. The van der Waals surface area contributed by atoms with E-state index in [-0.39, 0.29) is 5.91 Å². The van der Waals surface area contributed by atoms with Gasteiger partial charge in [0.1, 0.15) is 5.82 Å². The number of hydrogen-bond acceptors (Lipinski definition) is 3. The molecule has 0 atom stereocenters. The van der Waals surface area contributed by atoms with Gasteiger partial charge in [0, 0.05) is 11.9 Å². The summed E-state index contributed by atoms with van der Waals surface area (Å²) >= 11 is 5.95. The van der Waals surface area contributed by atoms with Crippen molar-refractivity contribution in [1.82, 2.24) is 4.98 Å². The summed E-state index contributed by atoms with van der Waals surface area (Å²) in [6.45, 7) is 1.92. The number of rotatable bonds is 2. The Kier molecular flexibility index (Phi) is 3.48. The Morgan fingerprint density at radius 2 is 2.11 bits per heavy atom. The van der Waals surface area contributed by atoms with Crippen molar-refractivity contribution < 1.29 is 4.79 Å². The Hall–Kier alpha value is -2.07. The van der Waals surface area contributed by atoms with E-state index in [0.717, 1.165) is 5.56 Å². The standard InChI is InChI=1S/C13H12ClN3O/c1-8-4-5-16-12(6-8)17-13(18)10-7-9(15)2-3-11(10)14/h2-7H,15H2,1H3,(H,16,17,18). The number of anilines is 2. The van der Waals surface area contributed by atoms with Gasteiger partial charge in [0.05, 0.1) is 10.6 Å². The average Bonchev–Trinajstić information content (AvgIpc) is 2.32. The Labute approximate surface area is 110 Å². The van der Waals surface area contributed by atoms with Crippen LogP contribution in [0.15, 0.2) is 36.5 Å². The first-order valence-electron chi connectivity index (χ1n) is 5.35. The van der Waals surface area contributed by atoms with Gasteiger partial charge in [-0.25, -0.2) is 4.98 Å². The quantitative estimate of drug-likeness (QED) is 0.817. The third kappa shape index (κ3) is 2.78. The zero-order valence-corrected chi connectivity index (χ0v) is 10.5. The minimum Gasteiger partial charge on any atom is -0.399 e. The minimum absolute atomic E-state index is 0.328. The molecule has 0 radical (unpaired) electrons. The molecule has 2 rings (SSSR count). The van der Waals surface area contributed by atoms with Crippen molar-refractivity contribution in [2.24, 2.45) is 0 Å². The number of nitrogen functional groups attached to an aromatic ring is 1. The molecule has 0 aliphatic rings. The van der Waals surface area contributed by atoms with E-state index in [1.807, 2.05) is 13.0 Å². The maximum Gasteiger partial charge on any atom is 0.258 e. The van der Waals surface area contributed by atoms with Crippen LogP contribution in [0.25, 0.3) is 0 Å². The van der Waals surface area contributed by atoms with Crippen LogP contribution >= 0.6 is 11.6 Å². The van der Waals surface area contributed by atoms with Crippen molar-refractivity contribution >= 4 is 29.0 Å². The van der Waals surface area contributed by atoms with E-state index in [1.54, 1.807) is 24.4 Å². The van der Waals surface area contributed by atoms with Gasteiger partial charge < -0.3 is 11.1 Å². The largest absolute Gasteiger partial charge is 0.399 e. The van der Waals surface area contributed by atoms with Crippen LogP contribution in [0.3, 0.4) is 0 Å². The maximum absolute atomic E-state index is 12.0. The molecule has 4 nitrogen and oxygen atoms in total. The highest BCUT2D eigenvalue weighted by molar-refractivity contribution is 6.34. The number of halogens is 1. The fraction of sp³-hybridized carbons (Fsp3) is 0.0769. The van der Waals surface area contributed by atoms with Crippen LogP contribution in [0.5, 0.6) is 0 Å². The van der Waals surface area contributed by atoms with Gasteiger partial charge >= 0.3 is 0 Å². The number of nitrogens with one attached hydrogen (secondary N) is 1. The molecule has 1 aromatic heterocycles. The summed E-state index contributed by atoms with van der Waals surface area (Å²) in [6, 6.07) is 8.40. The number of aromatic nitrogens is 1. The van der Waals surface area contributed by atoms with Crippen LogP contribution in [0.2, 0.25) is 5.02 Å². The molecule has 0 aliphatic heterocycles. The Morgan fingerprint density at radius 3 is 2.83 bits per heavy atom. The molecule has 0 fully saturated rings. The highest BCUT2D eigenvalue weighted by atomic mass is 35.5. The van der Waals surface area contributed by atoms with E-state index in [9.17, 15) is 4.79 Å². The molecule has 0 spiro atoms. The van der Waals surface area contributed by atoms with Crippen molar-refractivity contribution in [2.75, 3.05) is 11.1 Å². The normalized spacial score (nSPS) is 10.1. The topological polar surface area (TPSA) is 68.0 Å². The summed E-state index contributed by atoms with van der Waals surface area (Å²) in [4.78, 5) is 16.1. The third-order valence-corrected chi connectivity index (χ3v) is 2.72. The lowest BCUT2D eigenvalue weighted by molar-refractivity contribution is 0.102. The number of carbonyl (C=O) groups excluding carboxylic acids is 1. The first-order valence-corrected chi connectivity index (χ1v) is 5.73. The maximum atomic E-state index is 12.0. The van der Waals surface area contributed by atoms with Crippen molar-refractivity contribution in [3.8, 4) is 0 Å². The van der Waals surface area contributed by atoms with E-state index < -0.39 is 0 Å². The summed E-state index contributed by atoms with van der Waals surface area (Å²) in [5, 5.41) is 3.03. The molecule has 3 N–H and O–H groups in total. The van der Waals surface area contributed by atoms with Crippen LogP contribution in [0.1, 0.15) is 15.9 Å². The molecule has 5 heteroatoms. The van der Waals surface area contributed by atoms with Gasteiger partial charge in [-0.3, -0.25) is 4.79 Å².